The summed E-state index contributed by atoms with van der Waals surface area (Å²) < 4.78 is 5.59. The Kier molecular flexibility index (Phi) is 3.62. The first-order valence-corrected chi connectivity index (χ1v) is 6.21. The topological polar surface area (TPSA) is 29.5 Å². The third-order valence-corrected chi connectivity index (χ3v) is 3.27. The van der Waals surface area contributed by atoms with E-state index in [1.54, 1.807) is 0 Å². The van der Waals surface area contributed by atoms with E-state index in [2.05, 4.69) is 13.0 Å². The predicted molar refractivity (Wildman–Crippen MR) is 64.1 cm³/mol. The van der Waals surface area contributed by atoms with Crippen LogP contribution < -0.4 is 0 Å². The summed E-state index contributed by atoms with van der Waals surface area (Å²) in [6.07, 6.45) is 4.94. The summed E-state index contributed by atoms with van der Waals surface area (Å²) in [7, 11) is 0. The second kappa shape index (κ2) is 4.98. The Labute approximate surface area is 97.3 Å². The van der Waals surface area contributed by atoms with E-state index >= 15 is 0 Å². The van der Waals surface area contributed by atoms with Crippen LogP contribution in [0.15, 0.2) is 24.3 Å². The van der Waals surface area contributed by atoms with E-state index in [1.165, 1.54) is 5.56 Å². The van der Waals surface area contributed by atoms with Gasteiger partial charge in [0.05, 0.1) is 6.61 Å². The molecule has 2 nitrogen and oxygen atoms in total. The predicted octanol–water partition coefficient (Wildman–Crippen LogP) is 2.98. The molecule has 0 aromatic heterocycles. The summed E-state index contributed by atoms with van der Waals surface area (Å²) in [5.41, 5.74) is 2.20. The van der Waals surface area contributed by atoms with E-state index in [0.29, 0.717) is 13.0 Å². The summed E-state index contributed by atoms with van der Waals surface area (Å²) in [4.78, 5) is 0. The molecule has 1 unspecified atom stereocenters. The summed E-state index contributed by atoms with van der Waals surface area (Å²) in [5.74, 6) is -1.04. The van der Waals surface area contributed by atoms with Crippen molar-refractivity contribution in [3.8, 4) is 0 Å². The zero-order valence-electron chi connectivity index (χ0n) is 9.91. The minimum absolute atomic E-state index is 0.625. The van der Waals surface area contributed by atoms with Gasteiger partial charge in [-0.15, -0.1) is 0 Å². The first-order valence-electron chi connectivity index (χ1n) is 6.21. The van der Waals surface area contributed by atoms with E-state index in [-0.39, 0.29) is 0 Å². The molecule has 0 saturated heterocycles. The molecule has 0 radical (unpaired) electrons. The van der Waals surface area contributed by atoms with Crippen LogP contribution in [-0.4, -0.2) is 11.7 Å². The fourth-order valence-electron chi connectivity index (χ4n) is 2.35. The molecule has 1 aromatic carbocycles. The Morgan fingerprint density at radius 1 is 1.31 bits per heavy atom. The van der Waals surface area contributed by atoms with Crippen LogP contribution >= 0.6 is 0 Å². The molecule has 1 aromatic rings. The van der Waals surface area contributed by atoms with E-state index in [9.17, 15) is 5.11 Å². The smallest absolute Gasteiger partial charge is 0.192 e. The molecule has 0 saturated carbocycles. The Morgan fingerprint density at radius 2 is 2.12 bits per heavy atom. The normalized spacial score (nSPS) is 24.1. The molecule has 0 aliphatic carbocycles. The van der Waals surface area contributed by atoms with Gasteiger partial charge in [0.2, 0.25) is 0 Å². The lowest BCUT2D eigenvalue weighted by atomic mass is 9.91. The number of fused-ring (bicyclic) bond motifs is 1. The van der Waals surface area contributed by atoms with Gasteiger partial charge < -0.3 is 9.84 Å². The largest absolute Gasteiger partial charge is 0.362 e. The van der Waals surface area contributed by atoms with Crippen molar-refractivity contribution in [2.45, 2.75) is 44.8 Å². The zero-order valence-corrected chi connectivity index (χ0v) is 9.91. The Morgan fingerprint density at radius 3 is 2.94 bits per heavy atom. The van der Waals surface area contributed by atoms with Gasteiger partial charge in [0.15, 0.2) is 5.79 Å². The van der Waals surface area contributed by atoms with Crippen LogP contribution in [0.4, 0.5) is 0 Å². The van der Waals surface area contributed by atoms with E-state index in [4.69, 9.17) is 4.74 Å². The molecule has 1 aliphatic rings. The molecule has 2 rings (SSSR count). The minimum atomic E-state index is -1.04. The summed E-state index contributed by atoms with van der Waals surface area (Å²) >= 11 is 0. The average Bonchev–Trinajstić information content (AvgIpc) is 2.30. The lowest BCUT2D eigenvalue weighted by Gasteiger charge is -2.34. The van der Waals surface area contributed by atoms with Crippen molar-refractivity contribution >= 4 is 0 Å². The maximum absolute atomic E-state index is 10.5. The SMILES string of the molecule is CCCCCC1(O)OCCc2ccccc21. The Bertz CT molecular complexity index is 348. The third-order valence-electron chi connectivity index (χ3n) is 3.27. The van der Waals surface area contributed by atoms with Crippen LogP contribution in [0, 0.1) is 0 Å². The van der Waals surface area contributed by atoms with Crippen LogP contribution in [-0.2, 0) is 16.9 Å². The standard InChI is InChI=1S/C14H20O2/c1-2-3-6-10-14(15)13-8-5-4-7-12(13)9-11-16-14/h4-5,7-8,15H,2-3,6,9-11H2,1H3. The molecule has 1 N–H and O–H groups in total. The van der Waals surface area contributed by atoms with Gasteiger partial charge in [0.25, 0.3) is 0 Å². The second-order valence-electron chi connectivity index (χ2n) is 4.50. The number of ether oxygens (including phenoxy) is 1. The first-order chi connectivity index (χ1) is 7.76. The molecule has 0 bridgehead atoms. The summed E-state index contributed by atoms with van der Waals surface area (Å²) in [5, 5.41) is 10.5. The molecule has 16 heavy (non-hydrogen) atoms. The third kappa shape index (κ3) is 2.28. The number of aliphatic hydroxyl groups is 1. The molecule has 0 spiro atoms. The highest BCUT2D eigenvalue weighted by Crippen LogP contribution is 2.34. The lowest BCUT2D eigenvalue weighted by molar-refractivity contribution is -0.224. The maximum atomic E-state index is 10.5. The zero-order chi connectivity index (χ0) is 11.4. The highest BCUT2D eigenvalue weighted by Gasteiger charge is 2.34. The summed E-state index contributed by atoms with van der Waals surface area (Å²) in [6, 6.07) is 8.07. The van der Waals surface area contributed by atoms with Crippen LogP contribution in [0.1, 0.15) is 43.7 Å². The van der Waals surface area contributed by atoms with Crippen molar-refractivity contribution in [2.75, 3.05) is 6.61 Å². The highest BCUT2D eigenvalue weighted by atomic mass is 16.6. The molecule has 0 fully saturated rings. The van der Waals surface area contributed by atoms with Gasteiger partial charge in [-0.2, -0.15) is 0 Å². The first kappa shape index (κ1) is 11.6. The van der Waals surface area contributed by atoms with Gasteiger partial charge in [0.1, 0.15) is 0 Å². The van der Waals surface area contributed by atoms with Crippen LogP contribution in [0.2, 0.25) is 0 Å². The molecule has 1 aliphatic heterocycles. The molecule has 88 valence electrons. The van der Waals surface area contributed by atoms with Crippen molar-refractivity contribution < 1.29 is 9.84 Å². The maximum Gasteiger partial charge on any atom is 0.192 e. The van der Waals surface area contributed by atoms with Crippen molar-refractivity contribution in [3.63, 3.8) is 0 Å². The number of benzene rings is 1. The van der Waals surface area contributed by atoms with E-state index in [0.717, 1.165) is 31.2 Å². The Hall–Kier alpha value is -0.860. The van der Waals surface area contributed by atoms with Crippen molar-refractivity contribution in [2.24, 2.45) is 0 Å². The van der Waals surface area contributed by atoms with Crippen LogP contribution in [0.5, 0.6) is 0 Å². The van der Waals surface area contributed by atoms with Crippen LogP contribution in [0.3, 0.4) is 0 Å². The van der Waals surface area contributed by atoms with Crippen LogP contribution in [0.25, 0.3) is 0 Å². The van der Waals surface area contributed by atoms with Gasteiger partial charge in [-0.05, 0) is 18.4 Å². The monoisotopic (exact) mass is 220 g/mol. The highest BCUT2D eigenvalue weighted by molar-refractivity contribution is 5.32. The average molecular weight is 220 g/mol. The van der Waals surface area contributed by atoms with Gasteiger partial charge in [-0.3, -0.25) is 0 Å². The van der Waals surface area contributed by atoms with Crippen molar-refractivity contribution in [1.82, 2.24) is 0 Å². The number of hydrogen-bond donors (Lipinski definition) is 1. The number of unbranched alkanes of at least 4 members (excludes halogenated alkanes) is 2. The Balaban J connectivity index is 2.16. The summed E-state index contributed by atoms with van der Waals surface area (Å²) in [6.45, 7) is 2.79. The van der Waals surface area contributed by atoms with Gasteiger partial charge >= 0.3 is 0 Å². The molecular weight excluding hydrogens is 200 g/mol. The van der Waals surface area contributed by atoms with Gasteiger partial charge in [0, 0.05) is 12.0 Å². The second-order valence-corrected chi connectivity index (χ2v) is 4.50. The number of rotatable bonds is 4. The molecule has 1 atom stereocenters. The van der Waals surface area contributed by atoms with E-state index < -0.39 is 5.79 Å². The fourth-order valence-corrected chi connectivity index (χ4v) is 2.35. The minimum Gasteiger partial charge on any atom is -0.362 e. The molecule has 1 heterocycles. The van der Waals surface area contributed by atoms with E-state index in [1.807, 2.05) is 18.2 Å². The fraction of sp³-hybridized carbons (Fsp3) is 0.571. The molecular formula is C14H20O2. The van der Waals surface area contributed by atoms with Crippen molar-refractivity contribution in [1.29, 1.82) is 0 Å². The van der Waals surface area contributed by atoms with Crippen molar-refractivity contribution in [3.05, 3.63) is 35.4 Å². The number of hydrogen-bond acceptors (Lipinski definition) is 2. The molecule has 0 amide bonds. The van der Waals surface area contributed by atoms with Gasteiger partial charge in [-0.25, -0.2) is 0 Å². The molecule has 2 heteroatoms. The quantitative estimate of drug-likeness (QED) is 0.790. The van der Waals surface area contributed by atoms with Gasteiger partial charge in [-0.1, -0.05) is 44.0 Å². The lowest BCUT2D eigenvalue weighted by Crippen LogP contribution is -2.35.